The third-order valence-corrected chi connectivity index (χ3v) is 2.41. The Labute approximate surface area is 80.9 Å². The van der Waals surface area contributed by atoms with Gasteiger partial charge in [-0.3, -0.25) is 9.59 Å². The van der Waals surface area contributed by atoms with Crippen LogP contribution in [0.2, 0.25) is 0 Å². The predicted octanol–water partition coefficient (Wildman–Crippen LogP) is 2.31. The topological polar surface area (TPSA) is 34.1 Å². The van der Waals surface area contributed by atoms with Gasteiger partial charge in [-0.05, 0) is 31.4 Å². The highest BCUT2D eigenvalue weighted by atomic mass is 32.1. The van der Waals surface area contributed by atoms with Gasteiger partial charge in [0.05, 0.1) is 5.57 Å². The van der Waals surface area contributed by atoms with Gasteiger partial charge in [-0.15, -0.1) is 11.3 Å². The van der Waals surface area contributed by atoms with Crippen molar-refractivity contribution < 1.29 is 9.59 Å². The van der Waals surface area contributed by atoms with Gasteiger partial charge in [0.25, 0.3) is 0 Å². The fourth-order valence-corrected chi connectivity index (χ4v) is 1.62. The summed E-state index contributed by atoms with van der Waals surface area (Å²) < 4.78 is 0. The molecule has 1 heterocycles. The average Bonchev–Trinajstić information content (AvgIpc) is 2.50. The summed E-state index contributed by atoms with van der Waals surface area (Å²) in [6.45, 7) is 2.81. The molecule has 0 radical (unpaired) electrons. The van der Waals surface area contributed by atoms with Gasteiger partial charge in [0.1, 0.15) is 0 Å². The number of carbonyl (C=O) groups is 2. The maximum absolute atomic E-state index is 11.0. The maximum Gasteiger partial charge on any atom is 0.163 e. The van der Waals surface area contributed by atoms with Crippen LogP contribution in [-0.2, 0) is 9.59 Å². The molecule has 0 fully saturated rings. The summed E-state index contributed by atoms with van der Waals surface area (Å²) in [4.78, 5) is 23.0. The van der Waals surface area contributed by atoms with E-state index in [0.29, 0.717) is 0 Å². The summed E-state index contributed by atoms with van der Waals surface area (Å²) >= 11 is 1.51. The highest BCUT2D eigenvalue weighted by Gasteiger charge is 2.08. The molecule has 0 saturated heterocycles. The third kappa shape index (κ3) is 2.63. The lowest BCUT2D eigenvalue weighted by atomic mass is 10.1. The van der Waals surface area contributed by atoms with Crippen LogP contribution >= 0.6 is 11.3 Å². The first-order valence-corrected chi connectivity index (χ1v) is 4.76. The number of rotatable bonds is 3. The van der Waals surface area contributed by atoms with E-state index < -0.39 is 0 Å². The highest BCUT2D eigenvalue weighted by Crippen LogP contribution is 2.14. The first-order chi connectivity index (χ1) is 6.11. The second kappa shape index (κ2) is 4.14. The van der Waals surface area contributed by atoms with Gasteiger partial charge in [-0.2, -0.15) is 0 Å². The van der Waals surface area contributed by atoms with Crippen LogP contribution in [0.4, 0.5) is 0 Å². The monoisotopic (exact) mass is 194 g/mol. The zero-order valence-corrected chi connectivity index (χ0v) is 8.35. The van der Waals surface area contributed by atoms with Crippen molar-refractivity contribution in [1.82, 2.24) is 0 Å². The van der Waals surface area contributed by atoms with E-state index in [4.69, 9.17) is 0 Å². The molecule has 0 bridgehead atoms. The maximum atomic E-state index is 11.0. The summed E-state index contributed by atoms with van der Waals surface area (Å²) in [6, 6.07) is 3.75. The number of thiophene rings is 1. The van der Waals surface area contributed by atoms with E-state index in [0.717, 1.165) is 4.88 Å². The Morgan fingerprint density at radius 3 is 2.31 bits per heavy atom. The van der Waals surface area contributed by atoms with Crippen molar-refractivity contribution in [2.75, 3.05) is 0 Å². The van der Waals surface area contributed by atoms with Gasteiger partial charge < -0.3 is 0 Å². The largest absolute Gasteiger partial charge is 0.294 e. The fourth-order valence-electron chi connectivity index (χ4n) is 0.967. The van der Waals surface area contributed by atoms with Crippen LogP contribution in [0.5, 0.6) is 0 Å². The van der Waals surface area contributed by atoms with E-state index in [9.17, 15) is 9.59 Å². The molecule has 0 aliphatic rings. The molecule has 0 aromatic carbocycles. The quantitative estimate of drug-likeness (QED) is 0.420. The molecule has 1 aromatic rings. The zero-order valence-electron chi connectivity index (χ0n) is 7.53. The van der Waals surface area contributed by atoms with E-state index >= 15 is 0 Å². The standard InChI is InChI=1S/C10H10O2S/c1-7(11)10(8(2)12)6-9-4-3-5-13-9/h3-6H,1-2H3. The molecule has 2 nitrogen and oxygen atoms in total. The van der Waals surface area contributed by atoms with E-state index in [2.05, 4.69) is 0 Å². The summed E-state index contributed by atoms with van der Waals surface area (Å²) in [6.07, 6.45) is 1.63. The van der Waals surface area contributed by atoms with Crippen molar-refractivity contribution in [3.63, 3.8) is 0 Å². The van der Waals surface area contributed by atoms with Crippen molar-refractivity contribution in [3.05, 3.63) is 28.0 Å². The van der Waals surface area contributed by atoms with E-state index in [1.807, 2.05) is 17.5 Å². The van der Waals surface area contributed by atoms with Gasteiger partial charge in [0.2, 0.25) is 0 Å². The molecule has 0 saturated carbocycles. The molecule has 1 aromatic heterocycles. The Morgan fingerprint density at radius 1 is 1.31 bits per heavy atom. The molecule has 3 heteroatoms. The summed E-state index contributed by atoms with van der Waals surface area (Å²) in [5, 5.41) is 1.91. The van der Waals surface area contributed by atoms with Gasteiger partial charge in [-0.1, -0.05) is 6.07 Å². The van der Waals surface area contributed by atoms with E-state index in [1.54, 1.807) is 6.08 Å². The van der Waals surface area contributed by atoms with Crippen molar-refractivity contribution >= 4 is 29.0 Å². The van der Waals surface area contributed by atoms with Crippen molar-refractivity contribution in [2.24, 2.45) is 0 Å². The van der Waals surface area contributed by atoms with Crippen LogP contribution in [0.15, 0.2) is 23.1 Å². The van der Waals surface area contributed by atoms with Gasteiger partial charge in [0.15, 0.2) is 11.6 Å². The molecule has 0 atom stereocenters. The minimum absolute atomic E-state index is 0.180. The molecular weight excluding hydrogens is 184 g/mol. The van der Waals surface area contributed by atoms with Crippen molar-refractivity contribution in [3.8, 4) is 0 Å². The molecule has 1 rings (SSSR count). The fraction of sp³-hybridized carbons (Fsp3) is 0.200. The summed E-state index contributed by atoms with van der Waals surface area (Å²) in [5.41, 5.74) is 0.266. The predicted molar refractivity (Wildman–Crippen MR) is 53.7 cm³/mol. The minimum Gasteiger partial charge on any atom is -0.294 e. The Balaban J connectivity index is 3.01. The van der Waals surface area contributed by atoms with Crippen LogP contribution in [0, 0.1) is 0 Å². The van der Waals surface area contributed by atoms with Crippen LogP contribution in [0.25, 0.3) is 6.08 Å². The Morgan fingerprint density at radius 2 is 1.92 bits per heavy atom. The second-order valence-corrected chi connectivity index (χ2v) is 3.67. The highest BCUT2D eigenvalue weighted by molar-refractivity contribution is 7.10. The molecule has 0 aliphatic heterocycles. The number of allylic oxidation sites excluding steroid dienone is 1. The number of ketones is 2. The minimum atomic E-state index is -0.180. The summed E-state index contributed by atoms with van der Waals surface area (Å²) in [5.74, 6) is -0.359. The number of Topliss-reactive ketones (excluding diaryl/α,β-unsaturated/α-hetero) is 2. The molecule has 0 unspecified atom stereocenters. The molecule has 0 N–H and O–H groups in total. The van der Waals surface area contributed by atoms with Crippen LogP contribution < -0.4 is 0 Å². The molecular formula is C10H10O2S. The van der Waals surface area contributed by atoms with Gasteiger partial charge >= 0.3 is 0 Å². The SMILES string of the molecule is CC(=O)C(=Cc1cccs1)C(C)=O. The number of hydrogen-bond acceptors (Lipinski definition) is 3. The number of carbonyl (C=O) groups excluding carboxylic acids is 2. The van der Waals surface area contributed by atoms with Crippen molar-refractivity contribution in [1.29, 1.82) is 0 Å². The zero-order chi connectivity index (χ0) is 9.84. The second-order valence-electron chi connectivity index (χ2n) is 2.69. The smallest absolute Gasteiger partial charge is 0.163 e. The van der Waals surface area contributed by atoms with Crippen LogP contribution in [0.3, 0.4) is 0 Å². The van der Waals surface area contributed by atoms with E-state index in [-0.39, 0.29) is 17.1 Å². The average molecular weight is 194 g/mol. The third-order valence-electron chi connectivity index (χ3n) is 1.59. The van der Waals surface area contributed by atoms with Gasteiger partial charge in [0, 0.05) is 4.88 Å². The van der Waals surface area contributed by atoms with Gasteiger partial charge in [-0.25, -0.2) is 0 Å². The first-order valence-electron chi connectivity index (χ1n) is 3.88. The Kier molecular flexibility index (Phi) is 3.14. The molecule has 0 amide bonds. The molecule has 0 aliphatic carbocycles. The van der Waals surface area contributed by atoms with Crippen LogP contribution in [0.1, 0.15) is 18.7 Å². The molecule has 0 spiro atoms. The van der Waals surface area contributed by atoms with E-state index in [1.165, 1.54) is 25.2 Å². The molecule has 13 heavy (non-hydrogen) atoms. The van der Waals surface area contributed by atoms with Crippen LogP contribution in [-0.4, -0.2) is 11.6 Å². The lowest BCUT2D eigenvalue weighted by Crippen LogP contribution is -2.05. The lowest BCUT2D eigenvalue weighted by Gasteiger charge is -1.95. The molecule has 68 valence electrons. The lowest BCUT2D eigenvalue weighted by molar-refractivity contribution is -0.119. The first kappa shape index (κ1) is 9.86. The number of hydrogen-bond donors (Lipinski definition) is 0. The normalized spacial score (nSPS) is 9.38. The Bertz CT molecular complexity index is 331. The Hall–Kier alpha value is -1.22. The van der Waals surface area contributed by atoms with Crippen molar-refractivity contribution in [2.45, 2.75) is 13.8 Å². The summed E-state index contributed by atoms with van der Waals surface area (Å²) in [7, 11) is 0.